The summed E-state index contributed by atoms with van der Waals surface area (Å²) in [6, 6.07) is 13.3. The zero-order valence-electron chi connectivity index (χ0n) is 18.0. The number of alkyl carbamates (subject to hydrolysis) is 1. The van der Waals surface area contributed by atoms with E-state index >= 15 is 0 Å². The molecule has 0 unspecified atom stereocenters. The van der Waals surface area contributed by atoms with Crippen LogP contribution in [0.3, 0.4) is 0 Å². The first kappa shape index (κ1) is 22.2. The molecular formula is C24H25FN2O4. The summed E-state index contributed by atoms with van der Waals surface area (Å²) in [5.74, 6) is -1.06. The molecule has 0 saturated heterocycles. The lowest BCUT2D eigenvalue weighted by Crippen LogP contribution is -2.33. The van der Waals surface area contributed by atoms with Crippen LogP contribution in [0.25, 0.3) is 22.0 Å². The van der Waals surface area contributed by atoms with Crippen molar-refractivity contribution in [2.45, 2.75) is 32.8 Å². The number of nitrogens with one attached hydrogen (secondary N) is 1. The highest BCUT2D eigenvalue weighted by atomic mass is 19.1. The first-order valence-corrected chi connectivity index (χ1v) is 9.92. The van der Waals surface area contributed by atoms with Crippen molar-refractivity contribution in [2.75, 3.05) is 13.7 Å². The van der Waals surface area contributed by atoms with Crippen molar-refractivity contribution in [2.24, 2.45) is 0 Å². The number of rotatable bonds is 5. The van der Waals surface area contributed by atoms with Crippen LogP contribution in [-0.2, 0) is 15.9 Å². The molecule has 0 radical (unpaired) electrons. The largest absolute Gasteiger partial charge is 0.465 e. The van der Waals surface area contributed by atoms with Gasteiger partial charge in [0.1, 0.15) is 11.4 Å². The van der Waals surface area contributed by atoms with E-state index in [0.29, 0.717) is 28.6 Å². The molecule has 162 valence electrons. The molecule has 0 spiro atoms. The van der Waals surface area contributed by atoms with Gasteiger partial charge in [-0.2, -0.15) is 0 Å². The van der Waals surface area contributed by atoms with Crippen molar-refractivity contribution in [1.82, 2.24) is 10.3 Å². The number of amides is 1. The molecule has 3 aromatic rings. The van der Waals surface area contributed by atoms with Crippen molar-refractivity contribution in [3.63, 3.8) is 0 Å². The number of methoxy groups -OCH3 is 1. The van der Waals surface area contributed by atoms with Gasteiger partial charge in [-0.25, -0.2) is 14.0 Å². The van der Waals surface area contributed by atoms with Gasteiger partial charge in [0.25, 0.3) is 0 Å². The van der Waals surface area contributed by atoms with Crippen molar-refractivity contribution in [3.8, 4) is 11.1 Å². The molecule has 0 aliphatic rings. The van der Waals surface area contributed by atoms with Crippen molar-refractivity contribution in [1.29, 1.82) is 0 Å². The van der Waals surface area contributed by atoms with E-state index in [1.54, 1.807) is 20.8 Å². The molecule has 3 rings (SSSR count). The predicted octanol–water partition coefficient (Wildman–Crippen LogP) is 4.89. The summed E-state index contributed by atoms with van der Waals surface area (Å²) in [6.45, 7) is 5.60. The third-order valence-electron chi connectivity index (χ3n) is 4.50. The van der Waals surface area contributed by atoms with Gasteiger partial charge in [-0.1, -0.05) is 30.3 Å². The maximum Gasteiger partial charge on any atom is 0.407 e. The Morgan fingerprint density at radius 2 is 1.81 bits per heavy atom. The van der Waals surface area contributed by atoms with Crippen LogP contribution in [-0.4, -0.2) is 36.3 Å². The Morgan fingerprint density at radius 3 is 2.45 bits per heavy atom. The van der Waals surface area contributed by atoms with Gasteiger partial charge < -0.3 is 14.8 Å². The minimum absolute atomic E-state index is 0.241. The summed E-state index contributed by atoms with van der Waals surface area (Å²) >= 11 is 0. The maximum atomic E-state index is 14.0. The number of benzene rings is 2. The summed E-state index contributed by atoms with van der Waals surface area (Å²) in [5.41, 5.74) is 1.98. The molecular weight excluding hydrogens is 399 g/mol. The maximum absolute atomic E-state index is 14.0. The minimum Gasteiger partial charge on any atom is -0.465 e. The van der Waals surface area contributed by atoms with Gasteiger partial charge in [0.05, 0.1) is 23.9 Å². The molecule has 2 aromatic carbocycles. The van der Waals surface area contributed by atoms with E-state index in [9.17, 15) is 14.0 Å². The van der Waals surface area contributed by atoms with Crippen molar-refractivity contribution < 1.29 is 23.5 Å². The Hall–Kier alpha value is -3.48. The highest BCUT2D eigenvalue weighted by molar-refractivity contribution is 6.09. The minimum atomic E-state index is -0.609. The number of aromatic nitrogens is 1. The zero-order valence-corrected chi connectivity index (χ0v) is 18.0. The second-order valence-corrected chi connectivity index (χ2v) is 8.01. The average molecular weight is 424 g/mol. The van der Waals surface area contributed by atoms with Crippen LogP contribution >= 0.6 is 0 Å². The van der Waals surface area contributed by atoms with E-state index in [1.165, 1.54) is 25.3 Å². The van der Waals surface area contributed by atoms with Gasteiger partial charge in [-0.3, -0.25) is 4.98 Å². The topological polar surface area (TPSA) is 77.5 Å². The van der Waals surface area contributed by atoms with E-state index in [1.807, 2.05) is 30.3 Å². The number of carbonyl (C=O) groups is 2. The van der Waals surface area contributed by atoms with E-state index in [0.717, 1.165) is 5.56 Å². The molecule has 1 aromatic heterocycles. The molecule has 6 nitrogen and oxygen atoms in total. The van der Waals surface area contributed by atoms with Crippen LogP contribution in [0, 0.1) is 5.82 Å². The summed E-state index contributed by atoms with van der Waals surface area (Å²) in [5, 5.41) is 3.08. The molecule has 1 N–H and O–H groups in total. The summed E-state index contributed by atoms with van der Waals surface area (Å²) in [7, 11) is 1.28. The van der Waals surface area contributed by atoms with Crippen molar-refractivity contribution in [3.05, 3.63) is 65.6 Å². The second-order valence-electron chi connectivity index (χ2n) is 8.01. The zero-order chi connectivity index (χ0) is 22.6. The van der Waals surface area contributed by atoms with Crippen LogP contribution in [0.15, 0.2) is 48.5 Å². The summed E-state index contributed by atoms with van der Waals surface area (Å²) in [6.07, 6.45) is -0.203. The normalized spacial score (nSPS) is 11.3. The highest BCUT2D eigenvalue weighted by Gasteiger charge is 2.23. The summed E-state index contributed by atoms with van der Waals surface area (Å²) < 4.78 is 24.3. The SMILES string of the molecule is COC(=O)c1c(-c2ccccc2)c(CCNC(=O)OC(C)(C)C)nc2ccc(F)cc12. The molecule has 0 aliphatic carbocycles. The monoisotopic (exact) mass is 424 g/mol. The number of ether oxygens (including phenoxy) is 2. The number of nitrogens with zero attached hydrogens (tertiary/aromatic N) is 1. The quantitative estimate of drug-likeness (QED) is 0.590. The molecule has 0 bridgehead atoms. The van der Waals surface area contributed by atoms with Gasteiger partial charge in [0.15, 0.2) is 0 Å². The average Bonchev–Trinajstić information content (AvgIpc) is 2.71. The van der Waals surface area contributed by atoms with Crippen LogP contribution in [0.2, 0.25) is 0 Å². The smallest absolute Gasteiger partial charge is 0.407 e. The molecule has 1 heterocycles. The van der Waals surface area contributed by atoms with Gasteiger partial charge in [-0.05, 0) is 44.5 Å². The Bertz CT molecular complexity index is 1110. The number of hydrogen-bond donors (Lipinski definition) is 1. The van der Waals surface area contributed by atoms with Gasteiger partial charge in [-0.15, -0.1) is 0 Å². The first-order valence-electron chi connectivity index (χ1n) is 9.92. The predicted molar refractivity (Wildman–Crippen MR) is 116 cm³/mol. The van der Waals surface area contributed by atoms with E-state index in [2.05, 4.69) is 10.3 Å². The van der Waals surface area contributed by atoms with Crippen LogP contribution in [0.4, 0.5) is 9.18 Å². The third-order valence-corrected chi connectivity index (χ3v) is 4.50. The first-order chi connectivity index (χ1) is 14.7. The van der Waals surface area contributed by atoms with Crippen LogP contribution < -0.4 is 5.32 Å². The van der Waals surface area contributed by atoms with Crippen molar-refractivity contribution >= 4 is 23.0 Å². The Morgan fingerprint density at radius 1 is 1.10 bits per heavy atom. The Labute approximate surface area is 180 Å². The van der Waals surface area contributed by atoms with Gasteiger partial charge in [0, 0.05) is 23.9 Å². The van der Waals surface area contributed by atoms with Crippen LogP contribution in [0.5, 0.6) is 0 Å². The molecule has 7 heteroatoms. The Kier molecular flexibility index (Phi) is 6.53. The Balaban J connectivity index is 2.08. The standard InChI is InChI=1S/C24H25FN2O4/c1-24(2,3)31-23(29)26-13-12-19-20(15-8-6-5-7-9-15)21(22(28)30-4)17-14-16(25)10-11-18(17)27-19/h5-11,14H,12-13H2,1-4H3,(H,26,29). The lowest BCUT2D eigenvalue weighted by atomic mass is 9.93. The fraction of sp³-hybridized carbons (Fsp3) is 0.292. The number of esters is 1. The lowest BCUT2D eigenvalue weighted by molar-refractivity contribution is 0.0526. The highest BCUT2D eigenvalue weighted by Crippen LogP contribution is 2.33. The van der Waals surface area contributed by atoms with Gasteiger partial charge in [0.2, 0.25) is 0 Å². The number of carbonyl (C=O) groups excluding carboxylic acids is 2. The molecule has 31 heavy (non-hydrogen) atoms. The van der Waals surface area contributed by atoms with Crippen LogP contribution in [0.1, 0.15) is 36.8 Å². The molecule has 0 aliphatic heterocycles. The number of hydrogen-bond acceptors (Lipinski definition) is 5. The van der Waals surface area contributed by atoms with Gasteiger partial charge >= 0.3 is 12.1 Å². The lowest BCUT2D eigenvalue weighted by Gasteiger charge is -2.20. The van der Waals surface area contributed by atoms with E-state index < -0.39 is 23.5 Å². The second kappa shape index (κ2) is 9.12. The number of fused-ring (bicyclic) bond motifs is 1. The molecule has 0 fully saturated rings. The van der Waals surface area contributed by atoms with E-state index in [4.69, 9.17) is 9.47 Å². The fourth-order valence-electron chi connectivity index (χ4n) is 3.29. The summed E-state index contributed by atoms with van der Waals surface area (Å²) in [4.78, 5) is 29.4. The van der Waals surface area contributed by atoms with E-state index in [-0.39, 0.29) is 12.1 Å². The number of pyridine rings is 1. The molecule has 0 atom stereocenters. The molecule has 1 amide bonds. The number of halogens is 1. The molecule has 0 saturated carbocycles. The fourth-order valence-corrected chi connectivity index (χ4v) is 3.29. The third kappa shape index (κ3) is 5.36.